The van der Waals surface area contributed by atoms with Crippen LogP contribution in [0.1, 0.15) is 30.4 Å². The zero-order valence-electron chi connectivity index (χ0n) is 21.5. The first-order valence-corrected chi connectivity index (χ1v) is 13.7. The van der Waals surface area contributed by atoms with Crippen LogP contribution < -0.4 is 4.90 Å². The molecule has 7 nitrogen and oxygen atoms in total. The number of aromatic nitrogens is 3. The molecule has 0 bridgehead atoms. The highest BCUT2D eigenvalue weighted by molar-refractivity contribution is 5.72. The third-order valence-corrected chi connectivity index (χ3v) is 8.50. The fourth-order valence-electron chi connectivity index (χ4n) is 6.41. The van der Waals surface area contributed by atoms with Crippen molar-refractivity contribution in [1.82, 2.24) is 19.0 Å². The average molecular weight is 505 g/mol. The van der Waals surface area contributed by atoms with Gasteiger partial charge < -0.3 is 19.5 Å². The molecule has 38 heavy (non-hydrogen) atoms. The molecule has 7 rings (SSSR count). The quantitative estimate of drug-likeness (QED) is 0.390. The number of aliphatic hydroxyl groups excluding tert-OH is 1. The summed E-state index contributed by atoms with van der Waals surface area (Å²) in [6.07, 6.45) is 9.07. The van der Waals surface area contributed by atoms with Gasteiger partial charge in [0.25, 0.3) is 0 Å². The minimum absolute atomic E-state index is 0.108. The predicted octanol–water partition coefficient (Wildman–Crippen LogP) is 4.52. The van der Waals surface area contributed by atoms with Crippen LogP contribution in [0.3, 0.4) is 0 Å². The topological polar surface area (TPSA) is 73.2 Å². The molecule has 0 aliphatic carbocycles. The fraction of sp³-hybridized carbons (Fsp3) is 0.355. The molecule has 2 aromatic carbocycles. The second kappa shape index (κ2) is 9.46. The van der Waals surface area contributed by atoms with Crippen LogP contribution in [-0.4, -0.2) is 63.0 Å². The monoisotopic (exact) mass is 504 g/mol. The van der Waals surface area contributed by atoms with E-state index in [4.69, 9.17) is 10.2 Å². The van der Waals surface area contributed by atoms with E-state index in [9.17, 15) is 5.11 Å². The summed E-state index contributed by atoms with van der Waals surface area (Å²) in [6, 6.07) is 19.1. The van der Waals surface area contributed by atoms with Crippen LogP contribution in [0, 0.1) is 17.2 Å². The molecule has 1 N–H and O–H groups in total. The van der Waals surface area contributed by atoms with Crippen LogP contribution in [0.4, 0.5) is 5.69 Å². The fourth-order valence-corrected chi connectivity index (χ4v) is 6.41. The standard InChI is InChI=1S/C31H32N6O/c32-17-22-1-3-24(4-2-22)25-16-30-31-33-10-14-37(31)29-6-5-27(15-26(29)21-36(30)20-25)35-13-7-23(19-35)18-34-11-8-28(38)9-12-34/h1-6,10,14-16,20,23,28,38H,7-9,11-13,18-19,21H2. The predicted molar refractivity (Wildman–Crippen MR) is 148 cm³/mol. The molecule has 1 atom stereocenters. The number of fused-ring (bicyclic) bond motifs is 5. The highest BCUT2D eigenvalue weighted by atomic mass is 16.3. The molecule has 0 amide bonds. The summed E-state index contributed by atoms with van der Waals surface area (Å²) in [5, 5.41) is 19.0. The second-order valence-electron chi connectivity index (χ2n) is 11.0. The van der Waals surface area contributed by atoms with Crippen LogP contribution in [0.5, 0.6) is 0 Å². The lowest BCUT2D eigenvalue weighted by molar-refractivity contribution is 0.0762. The molecule has 5 heterocycles. The molecule has 4 aromatic rings. The molecule has 0 spiro atoms. The van der Waals surface area contributed by atoms with Crippen LogP contribution in [0.15, 0.2) is 67.1 Å². The van der Waals surface area contributed by atoms with Gasteiger partial charge in [0.05, 0.1) is 29.1 Å². The van der Waals surface area contributed by atoms with Crippen molar-refractivity contribution in [3.63, 3.8) is 0 Å². The third-order valence-electron chi connectivity index (χ3n) is 8.50. The molecule has 2 aromatic heterocycles. The Labute approximate surface area is 223 Å². The number of anilines is 1. The van der Waals surface area contributed by atoms with Crippen LogP contribution in [0.2, 0.25) is 0 Å². The molecule has 1 unspecified atom stereocenters. The summed E-state index contributed by atoms with van der Waals surface area (Å²) >= 11 is 0. The van der Waals surface area contributed by atoms with Crippen LogP contribution in [-0.2, 0) is 6.54 Å². The summed E-state index contributed by atoms with van der Waals surface area (Å²) in [5.41, 5.74) is 7.77. The number of piperidine rings is 1. The van der Waals surface area contributed by atoms with Crippen molar-refractivity contribution in [1.29, 1.82) is 5.26 Å². The second-order valence-corrected chi connectivity index (χ2v) is 11.0. The van der Waals surface area contributed by atoms with Gasteiger partial charge in [0.2, 0.25) is 0 Å². The van der Waals surface area contributed by atoms with E-state index in [1.165, 1.54) is 23.4 Å². The molecule has 2 saturated heterocycles. The van der Waals surface area contributed by atoms with Crippen molar-refractivity contribution in [2.24, 2.45) is 5.92 Å². The Morgan fingerprint density at radius 3 is 2.63 bits per heavy atom. The number of nitriles is 1. The Morgan fingerprint density at radius 1 is 0.974 bits per heavy atom. The first-order chi connectivity index (χ1) is 18.6. The lowest BCUT2D eigenvalue weighted by Crippen LogP contribution is -2.39. The van der Waals surface area contributed by atoms with Gasteiger partial charge in [-0.05, 0) is 72.7 Å². The van der Waals surface area contributed by atoms with Gasteiger partial charge in [0.15, 0.2) is 5.82 Å². The SMILES string of the molecule is N#Cc1ccc(-c2cc3n(c2)Cc2cc(N4CCC(CN5CCC(O)CC5)C4)ccc2-n2ccnc2-3)cc1. The minimum atomic E-state index is -0.108. The van der Waals surface area contributed by atoms with Gasteiger partial charge in [-0.25, -0.2) is 4.98 Å². The summed E-state index contributed by atoms with van der Waals surface area (Å²) in [5.74, 6) is 1.62. The van der Waals surface area contributed by atoms with E-state index in [0.29, 0.717) is 11.5 Å². The minimum Gasteiger partial charge on any atom is -0.393 e. The molecule has 0 saturated carbocycles. The van der Waals surface area contributed by atoms with E-state index in [1.807, 2.05) is 30.5 Å². The zero-order chi connectivity index (χ0) is 25.6. The normalized spacial score (nSPS) is 19.5. The smallest absolute Gasteiger partial charge is 0.161 e. The highest BCUT2D eigenvalue weighted by Gasteiger charge is 2.28. The van der Waals surface area contributed by atoms with Gasteiger partial charge >= 0.3 is 0 Å². The van der Waals surface area contributed by atoms with Crippen molar-refractivity contribution in [2.75, 3.05) is 37.6 Å². The van der Waals surface area contributed by atoms with Crippen LogP contribution in [0.25, 0.3) is 28.3 Å². The molecule has 192 valence electrons. The maximum atomic E-state index is 9.83. The van der Waals surface area contributed by atoms with Gasteiger partial charge in [-0.3, -0.25) is 4.57 Å². The number of likely N-dealkylation sites (tertiary alicyclic amines) is 1. The maximum absolute atomic E-state index is 9.83. The number of aliphatic hydroxyl groups is 1. The number of nitrogens with zero attached hydrogens (tertiary/aromatic N) is 6. The molecule has 0 radical (unpaired) electrons. The molecule has 3 aliphatic rings. The van der Waals surface area contributed by atoms with E-state index in [2.05, 4.69) is 61.7 Å². The summed E-state index contributed by atoms with van der Waals surface area (Å²) in [6.45, 7) is 6.14. The number of rotatable bonds is 4. The highest BCUT2D eigenvalue weighted by Crippen LogP contribution is 2.36. The van der Waals surface area contributed by atoms with Crippen molar-refractivity contribution in [3.8, 4) is 34.4 Å². The van der Waals surface area contributed by atoms with Crippen molar-refractivity contribution in [3.05, 3.63) is 78.2 Å². The number of hydrogen-bond donors (Lipinski definition) is 1. The van der Waals surface area contributed by atoms with Crippen molar-refractivity contribution < 1.29 is 5.11 Å². The molecule has 2 fully saturated rings. The van der Waals surface area contributed by atoms with E-state index < -0.39 is 0 Å². The first kappa shape index (κ1) is 23.3. The van der Waals surface area contributed by atoms with Gasteiger partial charge in [0, 0.05) is 69.1 Å². The lowest BCUT2D eigenvalue weighted by atomic mass is 10.0. The zero-order valence-corrected chi connectivity index (χ0v) is 21.5. The summed E-state index contributed by atoms with van der Waals surface area (Å²) in [7, 11) is 0. The molecule has 7 heteroatoms. The van der Waals surface area contributed by atoms with Crippen molar-refractivity contribution >= 4 is 5.69 Å². The maximum Gasteiger partial charge on any atom is 0.161 e. The van der Waals surface area contributed by atoms with E-state index in [0.717, 1.165) is 74.8 Å². The van der Waals surface area contributed by atoms with Crippen molar-refractivity contribution in [2.45, 2.75) is 31.9 Å². The summed E-state index contributed by atoms with van der Waals surface area (Å²) < 4.78 is 4.51. The number of imidazole rings is 1. The summed E-state index contributed by atoms with van der Waals surface area (Å²) in [4.78, 5) is 9.81. The Hall–Kier alpha value is -3.86. The Bertz CT molecular complexity index is 1500. The van der Waals surface area contributed by atoms with Gasteiger partial charge in [-0.15, -0.1) is 0 Å². The van der Waals surface area contributed by atoms with E-state index in [-0.39, 0.29) is 6.10 Å². The van der Waals surface area contributed by atoms with Gasteiger partial charge in [-0.1, -0.05) is 12.1 Å². The largest absolute Gasteiger partial charge is 0.393 e. The lowest BCUT2D eigenvalue weighted by Gasteiger charge is -2.31. The Morgan fingerprint density at radius 2 is 1.82 bits per heavy atom. The van der Waals surface area contributed by atoms with Gasteiger partial charge in [-0.2, -0.15) is 5.26 Å². The number of hydrogen-bond acceptors (Lipinski definition) is 5. The molecular weight excluding hydrogens is 472 g/mol. The van der Waals surface area contributed by atoms with E-state index in [1.54, 1.807) is 0 Å². The Balaban J connectivity index is 1.15. The van der Waals surface area contributed by atoms with Crippen LogP contribution >= 0.6 is 0 Å². The number of benzene rings is 2. The Kier molecular flexibility index (Phi) is 5.80. The molecular formula is C31H32N6O. The first-order valence-electron chi connectivity index (χ1n) is 13.7. The third kappa shape index (κ3) is 4.20. The van der Waals surface area contributed by atoms with E-state index >= 15 is 0 Å². The molecule has 3 aliphatic heterocycles. The average Bonchev–Trinajstić information content (AvgIpc) is 3.69. The van der Waals surface area contributed by atoms with Gasteiger partial charge in [0.1, 0.15) is 0 Å².